The molecule has 0 aliphatic carbocycles. The summed E-state index contributed by atoms with van der Waals surface area (Å²) in [6, 6.07) is 3.35. The summed E-state index contributed by atoms with van der Waals surface area (Å²) in [5, 5.41) is 8.95. The predicted molar refractivity (Wildman–Crippen MR) is 111 cm³/mol. The SMILES string of the molecule is CON=CNC(=O)c1ccc(C2=NOC(c3cc(C(F)(F)F)cc(C(F)(F)F)c3)(C(F)(F)F)C2)cc1C. The molecule has 1 heterocycles. The molecule has 200 valence electrons. The molecule has 1 atom stereocenters. The molecule has 1 aliphatic rings. The number of hydrogen-bond acceptors (Lipinski definition) is 5. The number of aryl methyl sites for hydroxylation is 1. The molecule has 1 N–H and O–H groups in total. The summed E-state index contributed by atoms with van der Waals surface area (Å²) in [6.07, 6.45) is -16.5. The number of nitrogens with zero attached hydrogens (tertiary/aromatic N) is 2. The van der Waals surface area contributed by atoms with Gasteiger partial charge in [-0.05, 0) is 48.4 Å². The van der Waals surface area contributed by atoms with E-state index in [0.717, 1.165) is 6.34 Å². The smallest absolute Gasteiger partial charge is 0.398 e. The van der Waals surface area contributed by atoms with Crippen LogP contribution in [0.1, 0.15) is 44.6 Å². The lowest BCUT2D eigenvalue weighted by atomic mass is 9.84. The maximum Gasteiger partial charge on any atom is 0.435 e. The van der Waals surface area contributed by atoms with Gasteiger partial charge in [-0.3, -0.25) is 4.79 Å². The molecule has 1 aliphatic heterocycles. The Morgan fingerprint density at radius 2 is 1.62 bits per heavy atom. The van der Waals surface area contributed by atoms with Crippen LogP contribution in [0.15, 0.2) is 46.7 Å². The molecule has 0 bridgehead atoms. The molecule has 0 aromatic heterocycles. The molecule has 0 radical (unpaired) electrons. The van der Waals surface area contributed by atoms with Crippen molar-refractivity contribution in [2.45, 2.75) is 37.5 Å². The van der Waals surface area contributed by atoms with Crippen molar-refractivity contribution in [3.05, 3.63) is 69.8 Å². The van der Waals surface area contributed by atoms with Crippen molar-refractivity contribution in [3.63, 3.8) is 0 Å². The fourth-order valence-corrected chi connectivity index (χ4v) is 3.56. The van der Waals surface area contributed by atoms with Gasteiger partial charge in [-0.25, -0.2) is 0 Å². The summed E-state index contributed by atoms with van der Waals surface area (Å²) in [6.45, 7) is 1.45. The van der Waals surface area contributed by atoms with Gasteiger partial charge in [-0.1, -0.05) is 16.4 Å². The molecule has 0 spiro atoms. The van der Waals surface area contributed by atoms with E-state index in [1.165, 1.54) is 32.2 Å². The first kappa shape index (κ1) is 27.8. The molecule has 2 aromatic rings. The van der Waals surface area contributed by atoms with Crippen molar-refractivity contribution < 1.29 is 54.0 Å². The molecule has 15 heteroatoms. The topological polar surface area (TPSA) is 72.3 Å². The Labute approximate surface area is 202 Å². The molecule has 1 unspecified atom stereocenters. The number of oxime groups is 2. The third-order valence-electron chi connectivity index (χ3n) is 5.40. The average Bonchev–Trinajstić information content (AvgIpc) is 3.25. The molecule has 2 aromatic carbocycles. The van der Waals surface area contributed by atoms with Crippen LogP contribution >= 0.6 is 0 Å². The Balaban J connectivity index is 2.03. The molecule has 0 saturated carbocycles. The summed E-state index contributed by atoms with van der Waals surface area (Å²) in [7, 11) is 1.23. The summed E-state index contributed by atoms with van der Waals surface area (Å²) < 4.78 is 122. The molecule has 1 amide bonds. The van der Waals surface area contributed by atoms with Crippen LogP contribution in [-0.4, -0.2) is 31.2 Å². The van der Waals surface area contributed by atoms with Crippen LogP contribution in [0.4, 0.5) is 39.5 Å². The minimum atomic E-state index is -5.46. The zero-order valence-corrected chi connectivity index (χ0v) is 18.8. The first-order chi connectivity index (χ1) is 17.0. The Hall–Kier alpha value is -3.78. The molecule has 0 fully saturated rings. The summed E-state index contributed by atoms with van der Waals surface area (Å²) in [5.41, 5.74) is -8.92. The fraction of sp³-hybridized carbons (Fsp3) is 0.318. The number of hydrogen-bond donors (Lipinski definition) is 1. The highest BCUT2D eigenvalue weighted by Crippen LogP contribution is 2.50. The average molecular weight is 541 g/mol. The van der Waals surface area contributed by atoms with Crippen molar-refractivity contribution in [1.29, 1.82) is 0 Å². The summed E-state index contributed by atoms with van der Waals surface area (Å²) in [4.78, 5) is 21.2. The van der Waals surface area contributed by atoms with Crippen molar-refractivity contribution in [3.8, 4) is 0 Å². The summed E-state index contributed by atoms with van der Waals surface area (Å²) in [5.74, 6) is -0.636. The number of carbonyl (C=O) groups is 1. The standard InChI is InChI=1S/C22H16F9N3O3/c1-11-5-12(3-4-16(11)18(35)32-10-33-36-2)17-9-19(37-34-17,22(29,30)31)13-6-14(20(23,24)25)8-15(7-13)21(26,27)28/h3-8,10H,9H2,1-2H3,(H,32,33,35). The second-order valence-electron chi connectivity index (χ2n) is 7.85. The highest BCUT2D eigenvalue weighted by molar-refractivity contribution is 6.05. The number of alkyl halides is 9. The number of amides is 1. The van der Waals surface area contributed by atoms with E-state index in [-0.39, 0.29) is 34.9 Å². The van der Waals surface area contributed by atoms with E-state index in [1.807, 2.05) is 0 Å². The summed E-state index contributed by atoms with van der Waals surface area (Å²) >= 11 is 0. The third-order valence-corrected chi connectivity index (χ3v) is 5.40. The van der Waals surface area contributed by atoms with Crippen molar-refractivity contribution >= 4 is 18.0 Å². The van der Waals surface area contributed by atoms with E-state index in [0.29, 0.717) is 0 Å². The Kier molecular flexibility index (Phi) is 7.21. The van der Waals surface area contributed by atoms with Crippen LogP contribution in [0.3, 0.4) is 0 Å². The van der Waals surface area contributed by atoms with Crippen molar-refractivity contribution in [2.75, 3.05) is 7.11 Å². The highest BCUT2D eigenvalue weighted by atomic mass is 19.4. The van der Waals surface area contributed by atoms with Crippen LogP contribution in [0, 0.1) is 6.92 Å². The van der Waals surface area contributed by atoms with Gasteiger partial charge in [-0.15, -0.1) is 0 Å². The Morgan fingerprint density at radius 3 is 2.11 bits per heavy atom. The molecule has 0 saturated heterocycles. The van der Waals surface area contributed by atoms with E-state index in [9.17, 15) is 44.3 Å². The molecule has 6 nitrogen and oxygen atoms in total. The van der Waals surface area contributed by atoms with Crippen LogP contribution in [0.25, 0.3) is 0 Å². The molecule has 37 heavy (non-hydrogen) atoms. The molecule has 3 rings (SSSR count). The van der Waals surface area contributed by atoms with Gasteiger partial charge in [0.25, 0.3) is 11.5 Å². The first-order valence-corrected chi connectivity index (χ1v) is 10.1. The van der Waals surface area contributed by atoms with Gasteiger partial charge in [0.1, 0.15) is 13.4 Å². The van der Waals surface area contributed by atoms with E-state index < -0.39 is 58.9 Å². The zero-order chi connectivity index (χ0) is 27.8. The number of rotatable bonds is 5. The minimum Gasteiger partial charge on any atom is -0.398 e. The van der Waals surface area contributed by atoms with Crippen LogP contribution < -0.4 is 5.32 Å². The number of carbonyl (C=O) groups excluding carboxylic acids is 1. The monoisotopic (exact) mass is 541 g/mol. The van der Waals surface area contributed by atoms with Crippen molar-refractivity contribution in [2.24, 2.45) is 10.3 Å². The fourth-order valence-electron chi connectivity index (χ4n) is 3.56. The van der Waals surface area contributed by atoms with Gasteiger partial charge < -0.3 is 15.0 Å². The maximum atomic E-state index is 14.2. The van der Waals surface area contributed by atoms with Crippen LogP contribution in [0.2, 0.25) is 0 Å². The Bertz CT molecular complexity index is 1220. The lowest BCUT2D eigenvalue weighted by Gasteiger charge is -2.30. The van der Waals surface area contributed by atoms with Crippen molar-refractivity contribution in [1.82, 2.24) is 5.32 Å². The number of nitrogens with one attached hydrogen (secondary N) is 1. The number of halogens is 9. The quantitative estimate of drug-likeness (QED) is 0.221. The predicted octanol–water partition coefficient (Wildman–Crippen LogP) is 5.93. The lowest BCUT2D eigenvalue weighted by Crippen LogP contribution is -2.43. The second kappa shape index (κ2) is 9.59. The zero-order valence-electron chi connectivity index (χ0n) is 18.8. The van der Waals surface area contributed by atoms with E-state index in [4.69, 9.17) is 0 Å². The van der Waals surface area contributed by atoms with Gasteiger partial charge in [0, 0.05) is 17.5 Å². The highest BCUT2D eigenvalue weighted by Gasteiger charge is 2.63. The second-order valence-corrected chi connectivity index (χ2v) is 7.85. The Morgan fingerprint density at radius 1 is 1.03 bits per heavy atom. The van der Waals surface area contributed by atoms with Gasteiger partial charge >= 0.3 is 18.5 Å². The van der Waals surface area contributed by atoms with Gasteiger partial charge in [0.2, 0.25) is 0 Å². The van der Waals surface area contributed by atoms with Gasteiger partial charge in [-0.2, -0.15) is 39.5 Å². The number of benzene rings is 2. The first-order valence-electron chi connectivity index (χ1n) is 10.1. The molecular weight excluding hydrogens is 525 g/mol. The van der Waals surface area contributed by atoms with Crippen LogP contribution in [-0.2, 0) is 27.6 Å². The molecular formula is C22H16F9N3O3. The maximum absolute atomic E-state index is 14.2. The minimum absolute atomic E-state index is 0.00811. The largest absolute Gasteiger partial charge is 0.435 e. The van der Waals surface area contributed by atoms with E-state index in [1.54, 1.807) is 0 Å². The third kappa shape index (κ3) is 5.64. The van der Waals surface area contributed by atoms with E-state index >= 15 is 0 Å². The normalized spacial score (nSPS) is 18.5. The van der Waals surface area contributed by atoms with Gasteiger partial charge in [0.05, 0.1) is 16.8 Å². The lowest BCUT2D eigenvalue weighted by molar-refractivity contribution is -0.276. The van der Waals surface area contributed by atoms with Gasteiger partial charge in [0.15, 0.2) is 0 Å². The van der Waals surface area contributed by atoms with E-state index in [2.05, 4.69) is 25.3 Å². The van der Waals surface area contributed by atoms with Crippen LogP contribution in [0.5, 0.6) is 0 Å².